The molecule has 1 aromatic rings. The van der Waals surface area contributed by atoms with Crippen LogP contribution in [0.2, 0.25) is 5.02 Å². The SMILES string of the molecule is ClCCCN(c1ncccc1Cl)C1CCC1. The maximum absolute atomic E-state index is 6.19. The van der Waals surface area contributed by atoms with E-state index in [2.05, 4.69) is 9.88 Å². The molecule has 0 aliphatic heterocycles. The molecule has 0 atom stereocenters. The third-order valence-electron chi connectivity index (χ3n) is 3.06. The van der Waals surface area contributed by atoms with Gasteiger partial charge in [0.05, 0.1) is 5.02 Å². The number of halogens is 2. The summed E-state index contributed by atoms with van der Waals surface area (Å²) >= 11 is 11.9. The quantitative estimate of drug-likeness (QED) is 0.749. The van der Waals surface area contributed by atoms with Crippen LogP contribution in [-0.2, 0) is 0 Å². The van der Waals surface area contributed by atoms with Gasteiger partial charge in [-0.05, 0) is 37.8 Å². The fraction of sp³-hybridized carbons (Fsp3) is 0.583. The van der Waals surface area contributed by atoms with Gasteiger partial charge in [0.2, 0.25) is 0 Å². The van der Waals surface area contributed by atoms with Gasteiger partial charge >= 0.3 is 0 Å². The Morgan fingerprint density at radius 1 is 1.44 bits per heavy atom. The van der Waals surface area contributed by atoms with Crippen molar-refractivity contribution in [1.82, 2.24) is 4.98 Å². The molecule has 1 fully saturated rings. The largest absolute Gasteiger partial charge is 0.352 e. The number of nitrogens with zero attached hydrogens (tertiary/aromatic N) is 2. The molecule has 0 bridgehead atoms. The van der Waals surface area contributed by atoms with Crippen LogP contribution in [0.25, 0.3) is 0 Å². The van der Waals surface area contributed by atoms with Crippen molar-refractivity contribution in [3.63, 3.8) is 0 Å². The first-order valence-corrected chi connectivity index (χ1v) is 6.67. The predicted octanol–water partition coefficient (Wildman–Crippen LogP) is 3.72. The summed E-state index contributed by atoms with van der Waals surface area (Å²) in [5.41, 5.74) is 0. The Kier molecular flexibility index (Phi) is 4.30. The summed E-state index contributed by atoms with van der Waals surface area (Å²) in [7, 11) is 0. The van der Waals surface area contributed by atoms with Crippen LogP contribution in [0.4, 0.5) is 5.82 Å². The lowest BCUT2D eigenvalue weighted by molar-refractivity contribution is 0.384. The van der Waals surface area contributed by atoms with Gasteiger partial charge in [0, 0.05) is 24.7 Å². The Labute approximate surface area is 107 Å². The molecule has 2 rings (SSSR count). The molecule has 1 heterocycles. The van der Waals surface area contributed by atoms with Gasteiger partial charge in [0.1, 0.15) is 5.82 Å². The van der Waals surface area contributed by atoms with Gasteiger partial charge in [-0.25, -0.2) is 4.98 Å². The van der Waals surface area contributed by atoms with Gasteiger partial charge in [0.15, 0.2) is 0 Å². The molecule has 1 aliphatic carbocycles. The van der Waals surface area contributed by atoms with Crippen molar-refractivity contribution in [2.24, 2.45) is 0 Å². The van der Waals surface area contributed by atoms with Crippen molar-refractivity contribution < 1.29 is 0 Å². The molecule has 0 aromatic carbocycles. The van der Waals surface area contributed by atoms with E-state index in [4.69, 9.17) is 23.2 Å². The standard InChI is InChI=1S/C12H16Cl2N2/c13-7-3-9-16(10-4-1-5-10)12-11(14)6-2-8-15-12/h2,6,8,10H,1,3-5,7,9H2. The molecule has 1 aliphatic rings. The first kappa shape index (κ1) is 12.0. The Bertz CT molecular complexity index is 340. The Morgan fingerprint density at radius 3 is 2.81 bits per heavy atom. The van der Waals surface area contributed by atoms with E-state index in [1.165, 1.54) is 19.3 Å². The number of hydrogen-bond acceptors (Lipinski definition) is 2. The second-order valence-corrected chi connectivity index (χ2v) is 4.91. The topological polar surface area (TPSA) is 16.1 Å². The Morgan fingerprint density at radius 2 is 2.25 bits per heavy atom. The van der Waals surface area contributed by atoms with Gasteiger partial charge in [0.25, 0.3) is 0 Å². The molecular formula is C12H16Cl2N2. The van der Waals surface area contributed by atoms with Crippen LogP contribution in [0.5, 0.6) is 0 Å². The lowest BCUT2D eigenvalue weighted by Crippen LogP contribution is -2.41. The van der Waals surface area contributed by atoms with Gasteiger partial charge in [-0.15, -0.1) is 11.6 Å². The zero-order valence-corrected chi connectivity index (χ0v) is 10.7. The molecule has 1 saturated carbocycles. The van der Waals surface area contributed by atoms with Crippen molar-refractivity contribution in [1.29, 1.82) is 0 Å². The average Bonchev–Trinajstić information content (AvgIpc) is 2.22. The summed E-state index contributed by atoms with van der Waals surface area (Å²) in [5.74, 6) is 1.60. The summed E-state index contributed by atoms with van der Waals surface area (Å²) in [6, 6.07) is 4.37. The Hall–Kier alpha value is -0.470. The van der Waals surface area contributed by atoms with Crippen molar-refractivity contribution in [2.75, 3.05) is 17.3 Å². The third kappa shape index (κ3) is 2.61. The van der Waals surface area contributed by atoms with E-state index in [1.54, 1.807) is 6.20 Å². The van der Waals surface area contributed by atoms with Crippen LogP contribution in [0.3, 0.4) is 0 Å². The first-order chi connectivity index (χ1) is 7.83. The average molecular weight is 259 g/mol. The normalized spacial score (nSPS) is 15.9. The van der Waals surface area contributed by atoms with Gasteiger partial charge in [-0.3, -0.25) is 0 Å². The van der Waals surface area contributed by atoms with E-state index in [-0.39, 0.29) is 0 Å². The molecule has 1 aromatic heterocycles. The highest BCUT2D eigenvalue weighted by Gasteiger charge is 2.26. The van der Waals surface area contributed by atoms with Crippen LogP contribution in [0.1, 0.15) is 25.7 Å². The van der Waals surface area contributed by atoms with E-state index < -0.39 is 0 Å². The minimum atomic E-state index is 0.607. The fourth-order valence-electron chi connectivity index (χ4n) is 1.98. The molecule has 0 unspecified atom stereocenters. The molecule has 16 heavy (non-hydrogen) atoms. The van der Waals surface area contributed by atoms with Crippen LogP contribution >= 0.6 is 23.2 Å². The fourth-order valence-corrected chi connectivity index (χ4v) is 2.33. The van der Waals surface area contributed by atoms with Crippen molar-refractivity contribution >= 4 is 29.0 Å². The summed E-state index contributed by atoms with van der Waals surface area (Å²) in [4.78, 5) is 6.70. The monoisotopic (exact) mass is 258 g/mol. The lowest BCUT2D eigenvalue weighted by atomic mass is 9.91. The molecule has 0 amide bonds. The number of rotatable bonds is 5. The molecule has 2 nitrogen and oxygen atoms in total. The molecular weight excluding hydrogens is 243 g/mol. The van der Waals surface area contributed by atoms with Crippen molar-refractivity contribution in [3.05, 3.63) is 23.4 Å². The van der Waals surface area contributed by atoms with E-state index in [0.29, 0.717) is 11.9 Å². The highest BCUT2D eigenvalue weighted by Crippen LogP contribution is 2.32. The number of anilines is 1. The van der Waals surface area contributed by atoms with Gasteiger partial charge < -0.3 is 4.90 Å². The Balaban J connectivity index is 2.13. The first-order valence-electron chi connectivity index (χ1n) is 5.76. The number of hydrogen-bond donors (Lipinski definition) is 0. The lowest BCUT2D eigenvalue weighted by Gasteiger charge is -2.38. The maximum Gasteiger partial charge on any atom is 0.147 e. The van der Waals surface area contributed by atoms with Crippen LogP contribution in [0, 0.1) is 0 Å². The molecule has 88 valence electrons. The number of pyridine rings is 1. The van der Waals surface area contributed by atoms with Crippen molar-refractivity contribution in [2.45, 2.75) is 31.7 Å². The third-order valence-corrected chi connectivity index (χ3v) is 3.62. The van der Waals surface area contributed by atoms with Crippen molar-refractivity contribution in [3.8, 4) is 0 Å². The molecule has 0 radical (unpaired) electrons. The van der Waals surface area contributed by atoms with Crippen LogP contribution in [-0.4, -0.2) is 23.5 Å². The zero-order valence-electron chi connectivity index (χ0n) is 9.20. The smallest absolute Gasteiger partial charge is 0.147 e. The van der Waals surface area contributed by atoms with Crippen LogP contribution in [0.15, 0.2) is 18.3 Å². The summed E-state index contributed by atoms with van der Waals surface area (Å²) in [6.45, 7) is 0.949. The van der Waals surface area contributed by atoms with Gasteiger partial charge in [-0.1, -0.05) is 11.6 Å². The molecule has 0 N–H and O–H groups in total. The minimum absolute atomic E-state index is 0.607. The maximum atomic E-state index is 6.19. The predicted molar refractivity (Wildman–Crippen MR) is 69.6 cm³/mol. The van der Waals surface area contributed by atoms with E-state index in [1.807, 2.05) is 12.1 Å². The second kappa shape index (κ2) is 5.74. The van der Waals surface area contributed by atoms with E-state index in [9.17, 15) is 0 Å². The zero-order chi connectivity index (χ0) is 11.4. The van der Waals surface area contributed by atoms with E-state index >= 15 is 0 Å². The van der Waals surface area contributed by atoms with Gasteiger partial charge in [-0.2, -0.15) is 0 Å². The second-order valence-electron chi connectivity index (χ2n) is 4.13. The molecule has 0 saturated heterocycles. The molecule has 0 spiro atoms. The summed E-state index contributed by atoms with van der Waals surface area (Å²) in [5, 5.41) is 0.740. The number of aromatic nitrogens is 1. The van der Waals surface area contributed by atoms with Crippen LogP contribution < -0.4 is 4.90 Å². The molecule has 4 heteroatoms. The highest BCUT2D eigenvalue weighted by atomic mass is 35.5. The highest BCUT2D eigenvalue weighted by molar-refractivity contribution is 6.32. The minimum Gasteiger partial charge on any atom is -0.352 e. The summed E-state index contributed by atoms with van der Waals surface area (Å²) < 4.78 is 0. The summed E-state index contributed by atoms with van der Waals surface area (Å²) in [6.07, 6.45) is 6.58. The number of alkyl halides is 1. The van der Waals surface area contributed by atoms with E-state index in [0.717, 1.165) is 23.8 Å².